The van der Waals surface area contributed by atoms with Crippen LogP contribution in [0.5, 0.6) is 0 Å². The van der Waals surface area contributed by atoms with Crippen LogP contribution in [0.2, 0.25) is 0 Å². The summed E-state index contributed by atoms with van der Waals surface area (Å²) in [6, 6.07) is 10.5. The molecule has 21 heavy (non-hydrogen) atoms. The van der Waals surface area contributed by atoms with Gasteiger partial charge in [0.1, 0.15) is 0 Å². The number of hydrogen-bond acceptors (Lipinski definition) is 2. The zero-order valence-electron chi connectivity index (χ0n) is 12.9. The second kappa shape index (κ2) is 7.26. The summed E-state index contributed by atoms with van der Waals surface area (Å²) in [4.78, 5) is 0. The number of halogens is 1. The molecule has 3 heteroatoms. The van der Waals surface area contributed by atoms with Gasteiger partial charge < -0.3 is 10.6 Å². The van der Waals surface area contributed by atoms with Gasteiger partial charge in [-0.15, -0.1) is 0 Å². The smallest absolute Gasteiger partial charge is 0.0294 e. The molecular formula is C18H27BrN2. The Bertz CT molecular complexity index is 456. The van der Waals surface area contributed by atoms with Crippen LogP contribution in [0.15, 0.2) is 28.7 Å². The van der Waals surface area contributed by atoms with Crippen molar-refractivity contribution in [1.29, 1.82) is 0 Å². The SMILES string of the molecule is C[C@H](NC1CCCC1C1CCCCN1)c1cccc(Br)c1. The van der Waals surface area contributed by atoms with Crippen molar-refractivity contribution >= 4 is 15.9 Å². The minimum absolute atomic E-state index is 0.427. The van der Waals surface area contributed by atoms with Gasteiger partial charge in [-0.25, -0.2) is 0 Å². The van der Waals surface area contributed by atoms with Crippen molar-refractivity contribution in [2.24, 2.45) is 5.92 Å². The number of piperidine rings is 1. The molecule has 2 nitrogen and oxygen atoms in total. The molecule has 0 radical (unpaired) electrons. The summed E-state index contributed by atoms with van der Waals surface area (Å²) >= 11 is 3.58. The highest BCUT2D eigenvalue weighted by Gasteiger charge is 2.34. The highest BCUT2D eigenvalue weighted by atomic mass is 79.9. The van der Waals surface area contributed by atoms with Crippen molar-refractivity contribution in [3.63, 3.8) is 0 Å². The normalized spacial score (nSPS) is 31.2. The van der Waals surface area contributed by atoms with Crippen LogP contribution in [0.3, 0.4) is 0 Å². The predicted octanol–water partition coefficient (Wildman–Crippen LogP) is 4.41. The molecule has 4 atom stereocenters. The van der Waals surface area contributed by atoms with Gasteiger partial charge in [-0.1, -0.05) is 40.9 Å². The zero-order chi connectivity index (χ0) is 14.7. The Morgan fingerprint density at radius 1 is 1.19 bits per heavy atom. The molecule has 2 N–H and O–H groups in total. The van der Waals surface area contributed by atoms with E-state index in [1.54, 1.807) is 0 Å². The van der Waals surface area contributed by atoms with Crippen LogP contribution in [0, 0.1) is 5.92 Å². The van der Waals surface area contributed by atoms with Crippen LogP contribution in [0.1, 0.15) is 57.1 Å². The highest BCUT2D eigenvalue weighted by molar-refractivity contribution is 9.10. The lowest BCUT2D eigenvalue weighted by Gasteiger charge is -2.34. The van der Waals surface area contributed by atoms with Crippen molar-refractivity contribution in [3.8, 4) is 0 Å². The second-order valence-corrected chi connectivity index (χ2v) is 7.62. The topological polar surface area (TPSA) is 24.1 Å². The van der Waals surface area contributed by atoms with Crippen molar-refractivity contribution in [2.75, 3.05) is 6.54 Å². The Balaban J connectivity index is 1.62. The maximum absolute atomic E-state index is 3.91. The van der Waals surface area contributed by atoms with E-state index < -0.39 is 0 Å². The number of hydrogen-bond donors (Lipinski definition) is 2. The molecular weight excluding hydrogens is 324 g/mol. The third-order valence-corrected chi connectivity index (χ3v) is 5.74. The van der Waals surface area contributed by atoms with E-state index in [1.165, 1.54) is 55.1 Å². The van der Waals surface area contributed by atoms with Gasteiger partial charge in [0.2, 0.25) is 0 Å². The maximum Gasteiger partial charge on any atom is 0.0294 e. The number of nitrogens with one attached hydrogen (secondary N) is 2. The summed E-state index contributed by atoms with van der Waals surface area (Å²) in [6.07, 6.45) is 8.24. The van der Waals surface area contributed by atoms with Crippen LogP contribution in [0.25, 0.3) is 0 Å². The number of benzene rings is 1. The minimum Gasteiger partial charge on any atom is -0.314 e. The first kappa shape index (κ1) is 15.5. The van der Waals surface area contributed by atoms with Crippen LogP contribution in [-0.4, -0.2) is 18.6 Å². The standard InChI is InChI=1S/C18H27BrN2/c1-13(14-6-4-7-15(19)12-14)21-18-10-5-8-16(18)17-9-2-3-11-20-17/h4,6-7,12-13,16-18,20-21H,2-3,5,8-11H2,1H3/t13-,16?,17?,18?/m0/s1. The first-order chi connectivity index (χ1) is 10.2. The van der Waals surface area contributed by atoms with Gasteiger partial charge in [0.05, 0.1) is 0 Å². The molecule has 1 aromatic carbocycles. The van der Waals surface area contributed by atoms with Gasteiger partial charge in [0.25, 0.3) is 0 Å². The molecule has 2 fully saturated rings. The Labute approximate surface area is 137 Å². The Hall–Kier alpha value is -0.380. The van der Waals surface area contributed by atoms with E-state index in [0.717, 1.165) is 12.0 Å². The highest BCUT2D eigenvalue weighted by Crippen LogP contribution is 2.33. The molecule has 1 aliphatic carbocycles. The zero-order valence-corrected chi connectivity index (χ0v) is 14.5. The van der Waals surface area contributed by atoms with Crippen LogP contribution in [0.4, 0.5) is 0 Å². The van der Waals surface area contributed by atoms with Gasteiger partial charge in [0.15, 0.2) is 0 Å². The van der Waals surface area contributed by atoms with Gasteiger partial charge >= 0.3 is 0 Å². The Morgan fingerprint density at radius 3 is 2.86 bits per heavy atom. The molecule has 2 aliphatic rings. The van der Waals surface area contributed by atoms with E-state index in [0.29, 0.717) is 12.1 Å². The first-order valence-corrected chi connectivity index (χ1v) is 9.28. The molecule has 1 aliphatic heterocycles. The maximum atomic E-state index is 3.91. The lowest BCUT2D eigenvalue weighted by molar-refractivity contribution is 0.248. The summed E-state index contributed by atoms with van der Waals surface area (Å²) < 4.78 is 1.17. The first-order valence-electron chi connectivity index (χ1n) is 8.49. The van der Waals surface area contributed by atoms with Gasteiger partial charge in [-0.2, -0.15) is 0 Å². The second-order valence-electron chi connectivity index (χ2n) is 6.70. The fraction of sp³-hybridized carbons (Fsp3) is 0.667. The predicted molar refractivity (Wildman–Crippen MR) is 92.5 cm³/mol. The van der Waals surface area contributed by atoms with Gasteiger partial charge in [-0.05, 0) is 62.8 Å². The van der Waals surface area contributed by atoms with E-state index in [-0.39, 0.29) is 0 Å². The van der Waals surface area contributed by atoms with Crippen molar-refractivity contribution in [3.05, 3.63) is 34.3 Å². The summed E-state index contributed by atoms with van der Waals surface area (Å²) in [5, 5.41) is 7.67. The monoisotopic (exact) mass is 350 g/mol. The molecule has 0 amide bonds. The Morgan fingerprint density at radius 2 is 2.10 bits per heavy atom. The molecule has 3 rings (SSSR count). The van der Waals surface area contributed by atoms with Crippen molar-refractivity contribution < 1.29 is 0 Å². The van der Waals surface area contributed by atoms with Gasteiger partial charge in [-0.3, -0.25) is 0 Å². The van der Waals surface area contributed by atoms with E-state index in [2.05, 4.69) is 57.8 Å². The Kier molecular flexibility index (Phi) is 5.36. The van der Waals surface area contributed by atoms with E-state index >= 15 is 0 Å². The van der Waals surface area contributed by atoms with E-state index in [1.807, 2.05) is 0 Å². The lowest BCUT2D eigenvalue weighted by Crippen LogP contribution is -2.47. The average molecular weight is 351 g/mol. The third-order valence-electron chi connectivity index (χ3n) is 5.25. The van der Waals surface area contributed by atoms with Crippen LogP contribution in [-0.2, 0) is 0 Å². The summed E-state index contributed by atoms with van der Waals surface area (Å²) in [5.74, 6) is 0.819. The van der Waals surface area contributed by atoms with Crippen LogP contribution >= 0.6 is 15.9 Å². The van der Waals surface area contributed by atoms with Crippen molar-refractivity contribution in [1.82, 2.24) is 10.6 Å². The molecule has 1 saturated carbocycles. The summed E-state index contributed by atoms with van der Waals surface area (Å²) in [7, 11) is 0. The lowest BCUT2D eigenvalue weighted by atomic mass is 9.88. The molecule has 1 aromatic rings. The average Bonchev–Trinajstić information content (AvgIpc) is 2.96. The minimum atomic E-state index is 0.427. The van der Waals surface area contributed by atoms with Crippen molar-refractivity contribution in [2.45, 2.75) is 63.6 Å². The molecule has 1 saturated heterocycles. The molecule has 3 unspecified atom stereocenters. The van der Waals surface area contributed by atoms with Gasteiger partial charge in [0, 0.05) is 22.6 Å². The molecule has 0 bridgehead atoms. The third kappa shape index (κ3) is 3.88. The van der Waals surface area contributed by atoms with E-state index in [4.69, 9.17) is 0 Å². The van der Waals surface area contributed by atoms with Crippen LogP contribution < -0.4 is 10.6 Å². The fourth-order valence-corrected chi connectivity index (χ4v) is 4.53. The molecule has 0 spiro atoms. The largest absolute Gasteiger partial charge is 0.314 e. The number of rotatable bonds is 4. The summed E-state index contributed by atoms with van der Waals surface area (Å²) in [6.45, 7) is 3.51. The fourth-order valence-electron chi connectivity index (χ4n) is 4.11. The summed E-state index contributed by atoms with van der Waals surface area (Å²) in [5.41, 5.74) is 1.38. The molecule has 116 valence electrons. The molecule has 0 aromatic heterocycles. The van der Waals surface area contributed by atoms with E-state index in [9.17, 15) is 0 Å². The quantitative estimate of drug-likeness (QED) is 0.840. The molecule has 1 heterocycles.